The van der Waals surface area contributed by atoms with E-state index in [1.54, 1.807) is 10.7 Å². The Hall–Kier alpha value is -4.06. The number of aromatic nitrogens is 6. The Bertz CT molecular complexity index is 1430. The molecule has 0 radical (unpaired) electrons. The summed E-state index contributed by atoms with van der Waals surface area (Å²) in [5.41, 5.74) is 4.04. The van der Waals surface area contributed by atoms with Gasteiger partial charge in [-0.3, -0.25) is 4.68 Å². The van der Waals surface area contributed by atoms with Gasteiger partial charge in [-0.15, -0.1) is 10.2 Å². The zero-order chi connectivity index (χ0) is 25.4. The predicted octanol–water partition coefficient (Wildman–Crippen LogP) is 3.67. The van der Waals surface area contributed by atoms with Crippen LogP contribution in [-0.2, 0) is 14.0 Å². The van der Waals surface area contributed by atoms with Crippen LogP contribution in [0, 0.1) is 17.3 Å². The largest absolute Gasteiger partial charge is 0.370 e. The van der Waals surface area contributed by atoms with Gasteiger partial charge in [0.1, 0.15) is 18.2 Å². The van der Waals surface area contributed by atoms with Crippen LogP contribution in [0.3, 0.4) is 0 Å². The number of anilines is 1. The summed E-state index contributed by atoms with van der Waals surface area (Å²) in [5, 5.41) is 22.7. The zero-order valence-corrected chi connectivity index (χ0v) is 18.0. The summed E-state index contributed by atoms with van der Waals surface area (Å²) in [6, 6.07) is 10.9. The quantitative estimate of drug-likeness (QED) is 0.446. The molecular weight excluding hydrogens is 419 g/mol. The number of aryl methyl sites for hydroxylation is 2. The van der Waals surface area contributed by atoms with Gasteiger partial charge in [0.05, 0.1) is 16.9 Å². The van der Waals surface area contributed by atoms with Gasteiger partial charge in [0.2, 0.25) is 5.95 Å². The first-order valence-electron chi connectivity index (χ1n) is 12.1. The molecule has 1 aliphatic rings. The van der Waals surface area contributed by atoms with Gasteiger partial charge in [0.25, 0.3) is 0 Å². The van der Waals surface area contributed by atoms with Crippen molar-refractivity contribution in [3.05, 3.63) is 66.4 Å². The maximum Gasteiger partial charge on any atom is 0.212 e. The highest BCUT2D eigenvalue weighted by molar-refractivity contribution is 5.89. The SMILES string of the molecule is [2H]C([2H])([2H])n1cnnc1C1CCN(c2c(-c3ccc(F)nc3)ccc(-c3ccn(C)n3)c2C#N)CC1. The van der Waals surface area contributed by atoms with Crippen molar-refractivity contribution in [2.24, 2.45) is 14.0 Å². The average Bonchev–Trinajstić information content (AvgIpc) is 3.53. The van der Waals surface area contributed by atoms with Gasteiger partial charge in [-0.05, 0) is 31.0 Å². The van der Waals surface area contributed by atoms with Crippen LogP contribution >= 0.6 is 0 Å². The van der Waals surface area contributed by atoms with Crippen LogP contribution < -0.4 is 4.90 Å². The van der Waals surface area contributed by atoms with Gasteiger partial charge >= 0.3 is 0 Å². The summed E-state index contributed by atoms with van der Waals surface area (Å²) in [6.07, 6.45) is 5.80. The molecule has 3 aromatic heterocycles. The van der Waals surface area contributed by atoms with Crippen LogP contribution in [0.25, 0.3) is 22.4 Å². The topological polar surface area (TPSA) is 88.4 Å². The number of piperidine rings is 1. The average molecular weight is 446 g/mol. The van der Waals surface area contributed by atoms with Gasteiger partial charge < -0.3 is 9.47 Å². The second-order valence-corrected chi connectivity index (χ2v) is 8.06. The minimum absolute atomic E-state index is 0.0791. The Morgan fingerprint density at radius 3 is 2.64 bits per heavy atom. The molecule has 5 rings (SSSR count). The van der Waals surface area contributed by atoms with Gasteiger partial charge in [-0.2, -0.15) is 14.8 Å². The van der Waals surface area contributed by atoms with Crippen LogP contribution in [-0.4, -0.2) is 42.6 Å². The first kappa shape index (κ1) is 17.5. The number of rotatable bonds is 4. The van der Waals surface area contributed by atoms with Crippen LogP contribution in [0.15, 0.2) is 49.1 Å². The molecule has 0 aliphatic carbocycles. The summed E-state index contributed by atoms with van der Waals surface area (Å²) in [5.74, 6) is -0.213. The van der Waals surface area contributed by atoms with E-state index in [9.17, 15) is 9.65 Å². The number of hydrogen-bond donors (Lipinski definition) is 0. The van der Waals surface area contributed by atoms with Crippen molar-refractivity contribution >= 4 is 5.69 Å². The molecule has 8 nitrogen and oxygen atoms in total. The van der Waals surface area contributed by atoms with Crippen molar-refractivity contribution < 1.29 is 8.50 Å². The van der Waals surface area contributed by atoms with Crippen LogP contribution in [0.4, 0.5) is 10.1 Å². The molecule has 166 valence electrons. The smallest absolute Gasteiger partial charge is 0.212 e. The lowest BCUT2D eigenvalue weighted by molar-refractivity contribution is 0.474. The highest BCUT2D eigenvalue weighted by Crippen LogP contribution is 2.41. The van der Waals surface area contributed by atoms with Gasteiger partial charge in [0.15, 0.2) is 0 Å². The van der Waals surface area contributed by atoms with E-state index < -0.39 is 12.9 Å². The Labute approximate surface area is 195 Å². The maximum absolute atomic E-state index is 13.5. The van der Waals surface area contributed by atoms with Crippen LogP contribution in [0.5, 0.6) is 0 Å². The fourth-order valence-electron chi connectivity index (χ4n) is 4.46. The Kier molecular flexibility index (Phi) is 4.49. The van der Waals surface area contributed by atoms with Crippen molar-refractivity contribution in [1.82, 2.24) is 29.5 Å². The molecule has 0 atom stereocenters. The first-order chi connectivity index (χ1) is 17.3. The molecule has 1 aliphatic heterocycles. The highest BCUT2D eigenvalue weighted by Gasteiger charge is 2.28. The number of benzene rings is 1. The molecule has 0 bridgehead atoms. The molecule has 4 heterocycles. The lowest BCUT2D eigenvalue weighted by Crippen LogP contribution is -2.34. The van der Waals surface area contributed by atoms with E-state index in [2.05, 4.69) is 31.2 Å². The van der Waals surface area contributed by atoms with Crippen molar-refractivity contribution in [1.29, 1.82) is 5.26 Å². The van der Waals surface area contributed by atoms with E-state index in [0.717, 1.165) is 15.8 Å². The normalized spacial score (nSPS) is 16.2. The predicted molar refractivity (Wildman–Crippen MR) is 122 cm³/mol. The van der Waals surface area contributed by atoms with E-state index in [1.807, 2.05) is 31.4 Å². The summed E-state index contributed by atoms with van der Waals surface area (Å²) < 4.78 is 39.6. The summed E-state index contributed by atoms with van der Waals surface area (Å²) >= 11 is 0. The molecule has 0 unspecified atom stereocenters. The summed E-state index contributed by atoms with van der Waals surface area (Å²) in [4.78, 5) is 5.93. The molecule has 0 N–H and O–H groups in total. The minimum Gasteiger partial charge on any atom is -0.370 e. The molecule has 1 saturated heterocycles. The number of nitrogens with zero attached hydrogens (tertiary/aromatic N) is 8. The third-order valence-corrected chi connectivity index (χ3v) is 6.07. The van der Waals surface area contributed by atoms with E-state index in [0.29, 0.717) is 54.1 Å². The van der Waals surface area contributed by atoms with E-state index >= 15 is 0 Å². The molecule has 0 spiro atoms. The molecule has 4 aromatic rings. The van der Waals surface area contributed by atoms with E-state index in [4.69, 9.17) is 4.11 Å². The summed E-state index contributed by atoms with van der Waals surface area (Å²) in [6.45, 7) is -1.20. The van der Waals surface area contributed by atoms with Crippen molar-refractivity contribution in [2.75, 3.05) is 18.0 Å². The number of hydrogen-bond acceptors (Lipinski definition) is 6. The Morgan fingerprint density at radius 1 is 1.15 bits per heavy atom. The molecule has 0 saturated carbocycles. The lowest BCUT2D eigenvalue weighted by Gasteiger charge is -2.35. The summed E-state index contributed by atoms with van der Waals surface area (Å²) in [7, 11) is 1.82. The monoisotopic (exact) mass is 445 g/mol. The molecule has 9 heteroatoms. The zero-order valence-electron chi connectivity index (χ0n) is 21.0. The first-order valence-corrected chi connectivity index (χ1v) is 10.6. The molecule has 1 aromatic carbocycles. The van der Waals surface area contributed by atoms with Gasteiger partial charge in [-0.25, -0.2) is 4.98 Å². The Morgan fingerprint density at radius 2 is 1.97 bits per heavy atom. The van der Waals surface area contributed by atoms with Crippen molar-refractivity contribution in [3.63, 3.8) is 0 Å². The van der Waals surface area contributed by atoms with Crippen LogP contribution in [0.2, 0.25) is 0 Å². The Balaban J connectivity index is 1.55. The fraction of sp³-hybridized carbons (Fsp3) is 0.292. The third kappa shape index (κ3) is 3.84. The van der Waals surface area contributed by atoms with Crippen molar-refractivity contribution in [3.8, 4) is 28.5 Å². The maximum atomic E-state index is 13.5. The molecule has 0 amide bonds. The van der Waals surface area contributed by atoms with Crippen LogP contribution in [0.1, 0.15) is 34.3 Å². The second-order valence-electron chi connectivity index (χ2n) is 8.06. The molecule has 33 heavy (non-hydrogen) atoms. The highest BCUT2D eigenvalue weighted by atomic mass is 19.1. The number of halogens is 1. The lowest BCUT2D eigenvalue weighted by atomic mass is 9.91. The minimum atomic E-state index is -2.34. The van der Waals surface area contributed by atoms with Crippen molar-refractivity contribution in [2.45, 2.75) is 18.8 Å². The van der Waals surface area contributed by atoms with E-state index in [1.165, 1.54) is 18.6 Å². The van der Waals surface area contributed by atoms with E-state index in [-0.39, 0.29) is 5.92 Å². The molecular formula is C24H23FN8. The second kappa shape index (κ2) is 8.47. The standard InChI is InChI=1S/C24H23FN8/c1-31-15-28-29-24(31)16-7-11-33(12-8-16)23-18(17-3-6-22(25)27-14-17)4-5-19(20(23)13-26)21-9-10-32(2)30-21/h3-6,9-10,14-16H,7-8,11-12H2,1-2H3/i1D3. The van der Waals surface area contributed by atoms with Gasteiger partial charge in [-0.1, -0.05) is 12.1 Å². The number of nitriles is 1. The molecule has 1 fully saturated rings. The van der Waals surface area contributed by atoms with Gasteiger partial charge in [0, 0.05) is 66.2 Å². The number of pyridine rings is 1. The fourth-order valence-corrected chi connectivity index (χ4v) is 4.46. The third-order valence-electron chi connectivity index (χ3n) is 6.07.